The number of nitrogens with one attached hydrogen (secondary N) is 1. The molecule has 9 heteroatoms. The fourth-order valence-corrected chi connectivity index (χ4v) is 3.47. The summed E-state index contributed by atoms with van der Waals surface area (Å²) in [4.78, 5) is 16.4. The quantitative estimate of drug-likeness (QED) is 0.755. The number of carbonyl (C=O) groups is 1. The minimum absolute atomic E-state index is 0.112. The van der Waals surface area contributed by atoms with Crippen LogP contribution < -0.4 is 5.32 Å². The summed E-state index contributed by atoms with van der Waals surface area (Å²) in [6.45, 7) is 0. The zero-order valence-electron chi connectivity index (χ0n) is 12.7. The van der Waals surface area contributed by atoms with E-state index in [0.717, 1.165) is 24.0 Å². The van der Waals surface area contributed by atoms with Gasteiger partial charge in [0.15, 0.2) is 0 Å². The van der Waals surface area contributed by atoms with Gasteiger partial charge in [0.1, 0.15) is 5.01 Å². The maximum atomic E-state index is 13.6. The molecule has 1 amide bonds. The Bertz CT molecular complexity index is 965. The van der Waals surface area contributed by atoms with Gasteiger partial charge in [-0.1, -0.05) is 29.5 Å². The Kier molecular flexibility index (Phi) is 3.68. The van der Waals surface area contributed by atoms with E-state index >= 15 is 0 Å². The van der Waals surface area contributed by atoms with Crippen molar-refractivity contribution in [3.8, 4) is 0 Å². The normalized spacial score (nSPS) is 14.7. The molecule has 5 nitrogen and oxygen atoms in total. The van der Waals surface area contributed by atoms with Crippen LogP contribution >= 0.6 is 11.3 Å². The number of amides is 1. The molecule has 0 radical (unpaired) electrons. The predicted octanol–water partition coefficient (Wildman–Crippen LogP) is 4.23. The molecule has 128 valence electrons. The van der Waals surface area contributed by atoms with Gasteiger partial charge in [-0.2, -0.15) is 13.2 Å². The van der Waals surface area contributed by atoms with Gasteiger partial charge in [0.2, 0.25) is 5.13 Å². The van der Waals surface area contributed by atoms with Crippen LogP contribution in [0.3, 0.4) is 0 Å². The number of halogens is 3. The van der Waals surface area contributed by atoms with E-state index in [1.165, 1.54) is 29.5 Å². The van der Waals surface area contributed by atoms with E-state index in [2.05, 4.69) is 20.5 Å². The van der Waals surface area contributed by atoms with Crippen molar-refractivity contribution in [3.05, 3.63) is 46.6 Å². The largest absolute Gasteiger partial charge is 0.417 e. The predicted molar refractivity (Wildman–Crippen MR) is 86.6 cm³/mol. The number of nitrogens with zero attached hydrogens (tertiary/aromatic N) is 3. The topological polar surface area (TPSA) is 67.8 Å². The van der Waals surface area contributed by atoms with Crippen LogP contribution in [0.4, 0.5) is 18.3 Å². The lowest BCUT2D eigenvalue weighted by Gasteiger charge is -2.14. The fourth-order valence-electron chi connectivity index (χ4n) is 2.56. The molecule has 0 spiro atoms. The summed E-state index contributed by atoms with van der Waals surface area (Å²) < 4.78 is 40.7. The lowest BCUT2D eigenvalue weighted by molar-refractivity contribution is -0.136. The second-order valence-corrected chi connectivity index (χ2v) is 6.74. The van der Waals surface area contributed by atoms with Crippen LogP contribution in [0.25, 0.3) is 10.9 Å². The van der Waals surface area contributed by atoms with Crippen molar-refractivity contribution in [1.82, 2.24) is 15.2 Å². The smallest absolute Gasteiger partial charge is 0.296 e. The van der Waals surface area contributed by atoms with E-state index in [0.29, 0.717) is 5.92 Å². The highest BCUT2D eigenvalue weighted by atomic mass is 32.1. The Hall–Kier alpha value is -2.55. The van der Waals surface area contributed by atoms with Gasteiger partial charge in [-0.25, -0.2) is 0 Å². The summed E-state index contributed by atoms with van der Waals surface area (Å²) in [5, 5.41) is 11.1. The third kappa shape index (κ3) is 3.07. The summed E-state index contributed by atoms with van der Waals surface area (Å²) in [6.07, 6.45) is -1.69. The highest BCUT2D eigenvalue weighted by Crippen LogP contribution is 2.42. The van der Waals surface area contributed by atoms with Crippen LogP contribution in [-0.4, -0.2) is 21.1 Å². The molecule has 1 N–H and O–H groups in total. The van der Waals surface area contributed by atoms with E-state index in [-0.39, 0.29) is 16.0 Å². The minimum Gasteiger partial charge on any atom is -0.296 e. The van der Waals surface area contributed by atoms with Crippen molar-refractivity contribution in [2.75, 3.05) is 5.32 Å². The molecule has 1 aromatic carbocycles. The number of hydrogen-bond acceptors (Lipinski definition) is 5. The zero-order valence-corrected chi connectivity index (χ0v) is 13.5. The van der Waals surface area contributed by atoms with Gasteiger partial charge in [0, 0.05) is 17.5 Å². The SMILES string of the molecule is O=C(Nc1nnc(C2CC2)s1)c1cnc2ccccc2c1C(F)(F)F. The van der Waals surface area contributed by atoms with Gasteiger partial charge in [-0.15, -0.1) is 10.2 Å². The number of rotatable bonds is 3. The van der Waals surface area contributed by atoms with Gasteiger partial charge in [-0.3, -0.25) is 15.1 Å². The van der Waals surface area contributed by atoms with Crippen molar-refractivity contribution in [1.29, 1.82) is 0 Å². The number of pyridine rings is 1. The number of aromatic nitrogens is 3. The lowest BCUT2D eigenvalue weighted by atomic mass is 10.0. The molecule has 1 aliphatic rings. The first kappa shape index (κ1) is 15.9. The molecule has 0 atom stereocenters. The first-order chi connectivity index (χ1) is 11.9. The van der Waals surface area contributed by atoms with E-state index in [1.54, 1.807) is 6.07 Å². The Morgan fingerprint density at radius 2 is 1.96 bits per heavy atom. The van der Waals surface area contributed by atoms with Crippen molar-refractivity contribution in [2.24, 2.45) is 0 Å². The molecule has 2 aromatic heterocycles. The molecule has 3 aromatic rings. The summed E-state index contributed by atoms with van der Waals surface area (Å²) in [6, 6.07) is 5.85. The van der Waals surface area contributed by atoms with Crippen molar-refractivity contribution >= 4 is 33.3 Å². The highest BCUT2D eigenvalue weighted by Gasteiger charge is 2.38. The monoisotopic (exact) mass is 364 g/mol. The number of hydrogen-bond donors (Lipinski definition) is 1. The summed E-state index contributed by atoms with van der Waals surface area (Å²) in [7, 11) is 0. The van der Waals surface area contributed by atoms with Crippen molar-refractivity contribution in [2.45, 2.75) is 24.9 Å². The van der Waals surface area contributed by atoms with Crippen LogP contribution in [0.15, 0.2) is 30.5 Å². The molecule has 0 bridgehead atoms. The molecule has 0 aliphatic heterocycles. The Labute approximate surface area is 143 Å². The van der Waals surface area contributed by atoms with Gasteiger partial charge >= 0.3 is 6.18 Å². The van der Waals surface area contributed by atoms with Crippen molar-refractivity contribution in [3.63, 3.8) is 0 Å². The third-order valence-corrected chi connectivity index (χ3v) is 4.89. The first-order valence-electron chi connectivity index (χ1n) is 7.53. The number of anilines is 1. The van der Waals surface area contributed by atoms with Crippen LogP contribution in [0.2, 0.25) is 0 Å². The molecule has 1 aliphatic carbocycles. The Morgan fingerprint density at radius 1 is 1.20 bits per heavy atom. The first-order valence-corrected chi connectivity index (χ1v) is 8.35. The number of fused-ring (bicyclic) bond motifs is 1. The van der Waals surface area contributed by atoms with E-state index in [1.807, 2.05) is 0 Å². The maximum Gasteiger partial charge on any atom is 0.417 e. The Morgan fingerprint density at radius 3 is 2.68 bits per heavy atom. The molecular weight excluding hydrogens is 353 g/mol. The number of para-hydroxylation sites is 1. The van der Waals surface area contributed by atoms with E-state index in [9.17, 15) is 18.0 Å². The number of alkyl halides is 3. The number of carbonyl (C=O) groups excluding carboxylic acids is 1. The molecule has 2 heterocycles. The third-order valence-electron chi connectivity index (χ3n) is 3.89. The van der Waals surface area contributed by atoms with E-state index in [4.69, 9.17) is 0 Å². The van der Waals surface area contributed by atoms with Crippen LogP contribution in [0.1, 0.15) is 39.7 Å². The summed E-state index contributed by atoms with van der Waals surface area (Å²) >= 11 is 1.19. The van der Waals surface area contributed by atoms with E-state index < -0.39 is 23.2 Å². The van der Waals surface area contributed by atoms with Crippen LogP contribution in [0.5, 0.6) is 0 Å². The second kappa shape index (κ2) is 5.76. The molecule has 4 rings (SSSR count). The van der Waals surface area contributed by atoms with Crippen molar-refractivity contribution < 1.29 is 18.0 Å². The molecule has 1 saturated carbocycles. The van der Waals surface area contributed by atoms with Crippen LogP contribution in [-0.2, 0) is 6.18 Å². The average molecular weight is 364 g/mol. The second-order valence-electron chi connectivity index (χ2n) is 5.74. The molecule has 25 heavy (non-hydrogen) atoms. The molecule has 1 fully saturated rings. The average Bonchev–Trinajstić information content (AvgIpc) is 3.32. The number of benzene rings is 1. The van der Waals surface area contributed by atoms with Gasteiger partial charge in [0.25, 0.3) is 5.91 Å². The summed E-state index contributed by atoms with van der Waals surface area (Å²) in [5.74, 6) is -0.541. The molecule has 0 saturated heterocycles. The van der Waals surface area contributed by atoms with Gasteiger partial charge < -0.3 is 0 Å². The summed E-state index contributed by atoms with van der Waals surface area (Å²) in [5.41, 5.74) is -1.35. The zero-order chi connectivity index (χ0) is 17.6. The van der Waals surface area contributed by atoms with Gasteiger partial charge in [0.05, 0.1) is 16.6 Å². The van der Waals surface area contributed by atoms with Gasteiger partial charge in [-0.05, 0) is 18.9 Å². The van der Waals surface area contributed by atoms with Crippen LogP contribution in [0, 0.1) is 0 Å². The fraction of sp³-hybridized carbons (Fsp3) is 0.250. The molecule has 0 unspecified atom stereocenters. The highest BCUT2D eigenvalue weighted by molar-refractivity contribution is 7.15. The molecular formula is C16H11F3N4OS. The minimum atomic E-state index is -4.69. The maximum absolute atomic E-state index is 13.6. The Balaban J connectivity index is 1.72. The standard InChI is InChI=1S/C16H11F3N4OS/c17-16(18,19)12-9-3-1-2-4-11(9)20-7-10(12)13(24)21-15-23-22-14(25-15)8-5-6-8/h1-4,7-8H,5-6H2,(H,21,23,24). The lowest BCUT2D eigenvalue weighted by Crippen LogP contribution is -2.19.